The third-order valence-corrected chi connectivity index (χ3v) is 6.83. The normalized spacial score (nSPS) is 14.0. The van der Waals surface area contributed by atoms with Crippen LogP contribution in [0.3, 0.4) is 0 Å². The SMILES string of the molecule is CCCCCCCCOc1ccc(CCCOC[C@H](O)COP(=O)(OC)OCCNC(=O)OC(C)(C)C)cc1. The molecular weight excluding hydrogens is 525 g/mol. The monoisotopic (exact) mass is 575 g/mol. The van der Waals surface area contributed by atoms with Gasteiger partial charge in [-0.25, -0.2) is 9.36 Å². The molecule has 0 bridgehead atoms. The molecule has 0 saturated carbocycles. The summed E-state index contributed by atoms with van der Waals surface area (Å²) in [7, 11) is -2.70. The number of alkyl carbamates (subject to hydrolysis) is 1. The first-order chi connectivity index (χ1) is 18.6. The second kappa shape index (κ2) is 20.2. The van der Waals surface area contributed by atoms with Crippen molar-refractivity contribution < 1.29 is 42.2 Å². The maximum absolute atomic E-state index is 12.5. The van der Waals surface area contributed by atoms with Crippen molar-refractivity contribution in [2.45, 2.75) is 90.8 Å². The minimum atomic E-state index is -3.88. The van der Waals surface area contributed by atoms with Crippen molar-refractivity contribution in [1.29, 1.82) is 0 Å². The number of phosphoric acid groups is 1. The molecule has 0 spiro atoms. The molecule has 0 radical (unpaired) electrons. The molecule has 0 aliphatic rings. The summed E-state index contributed by atoms with van der Waals surface area (Å²) in [4.78, 5) is 11.6. The highest BCUT2D eigenvalue weighted by Crippen LogP contribution is 2.48. The van der Waals surface area contributed by atoms with Gasteiger partial charge >= 0.3 is 13.9 Å². The number of hydrogen-bond donors (Lipinski definition) is 2. The summed E-state index contributed by atoms with van der Waals surface area (Å²) in [5, 5.41) is 12.6. The smallest absolute Gasteiger partial charge is 0.474 e. The van der Waals surface area contributed by atoms with E-state index >= 15 is 0 Å². The minimum absolute atomic E-state index is 0.0230. The molecule has 0 heterocycles. The summed E-state index contributed by atoms with van der Waals surface area (Å²) < 4.78 is 44.0. The third kappa shape index (κ3) is 19.1. The summed E-state index contributed by atoms with van der Waals surface area (Å²) in [6.45, 7) is 8.34. The molecular formula is C28H50NO9P. The van der Waals surface area contributed by atoms with Crippen LogP contribution in [0.5, 0.6) is 5.75 Å². The Kier molecular flexibility index (Phi) is 18.3. The van der Waals surface area contributed by atoms with Crippen LogP contribution >= 0.6 is 7.82 Å². The summed E-state index contributed by atoms with van der Waals surface area (Å²) in [6, 6.07) is 8.12. The molecule has 226 valence electrons. The van der Waals surface area contributed by atoms with E-state index in [1.165, 1.54) is 44.8 Å². The summed E-state index contributed by atoms with van der Waals surface area (Å²) in [5.74, 6) is 0.892. The predicted molar refractivity (Wildman–Crippen MR) is 151 cm³/mol. The van der Waals surface area contributed by atoms with Gasteiger partial charge < -0.3 is 24.6 Å². The number of benzene rings is 1. The number of carbonyl (C=O) groups is 1. The number of phosphoric ester groups is 1. The van der Waals surface area contributed by atoms with Crippen molar-refractivity contribution in [2.24, 2.45) is 0 Å². The average molecular weight is 576 g/mol. The Bertz CT molecular complexity index is 814. The van der Waals surface area contributed by atoms with Gasteiger partial charge in [0.25, 0.3) is 0 Å². The van der Waals surface area contributed by atoms with Gasteiger partial charge in [-0.15, -0.1) is 0 Å². The van der Waals surface area contributed by atoms with Crippen LogP contribution < -0.4 is 10.1 Å². The first-order valence-corrected chi connectivity index (χ1v) is 15.4. The quantitative estimate of drug-likeness (QED) is 0.126. The summed E-state index contributed by atoms with van der Waals surface area (Å²) >= 11 is 0. The van der Waals surface area contributed by atoms with Crippen LogP contribution in [0.15, 0.2) is 24.3 Å². The maximum Gasteiger partial charge on any atom is 0.474 e. The van der Waals surface area contributed by atoms with Crippen molar-refractivity contribution in [1.82, 2.24) is 5.32 Å². The molecule has 2 N–H and O–H groups in total. The van der Waals surface area contributed by atoms with Gasteiger partial charge in [0.2, 0.25) is 0 Å². The van der Waals surface area contributed by atoms with E-state index in [0.29, 0.717) is 6.61 Å². The largest absolute Gasteiger partial charge is 0.494 e. The number of ether oxygens (including phenoxy) is 3. The molecule has 0 aromatic heterocycles. The summed E-state index contributed by atoms with van der Waals surface area (Å²) in [5.41, 5.74) is 0.565. The molecule has 39 heavy (non-hydrogen) atoms. The van der Waals surface area contributed by atoms with Crippen molar-refractivity contribution >= 4 is 13.9 Å². The molecule has 1 amide bonds. The van der Waals surface area contributed by atoms with Gasteiger partial charge in [-0.05, 0) is 57.7 Å². The molecule has 2 atom stereocenters. The van der Waals surface area contributed by atoms with Gasteiger partial charge in [-0.3, -0.25) is 13.6 Å². The fraction of sp³-hybridized carbons (Fsp3) is 0.750. The fourth-order valence-corrected chi connectivity index (χ4v) is 4.37. The lowest BCUT2D eigenvalue weighted by Gasteiger charge is -2.20. The lowest BCUT2D eigenvalue weighted by Crippen LogP contribution is -2.34. The Morgan fingerprint density at radius 3 is 2.31 bits per heavy atom. The lowest BCUT2D eigenvalue weighted by atomic mass is 10.1. The number of amides is 1. The van der Waals surface area contributed by atoms with E-state index < -0.39 is 25.6 Å². The van der Waals surface area contributed by atoms with E-state index in [1.54, 1.807) is 20.8 Å². The number of hydrogen-bond acceptors (Lipinski definition) is 9. The first kappa shape index (κ1) is 35.3. The van der Waals surface area contributed by atoms with Crippen molar-refractivity contribution in [3.05, 3.63) is 29.8 Å². The van der Waals surface area contributed by atoms with Crippen LogP contribution in [0.4, 0.5) is 4.79 Å². The number of aliphatic hydroxyl groups excluding tert-OH is 1. The van der Waals surface area contributed by atoms with Crippen LogP contribution in [0.25, 0.3) is 0 Å². The van der Waals surface area contributed by atoms with Gasteiger partial charge in [-0.2, -0.15) is 0 Å². The van der Waals surface area contributed by atoms with Crippen molar-refractivity contribution in [3.63, 3.8) is 0 Å². The van der Waals surface area contributed by atoms with Gasteiger partial charge in [-0.1, -0.05) is 51.2 Å². The second-order valence-electron chi connectivity index (χ2n) is 10.3. The zero-order valence-corrected chi connectivity index (χ0v) is 25.3. The maximum atomic E-state index is 12.5. The number of aliphatic hydroxyl groups is 1. The first-order valence-electron chi connectivity index (χ1n) is 14.0. The molecule has 1 aromatic rings. The zero-order valence-electron chi connectivity index (χ0n) is 24.4. The molecule has 10 nitrogen and oxygen atoms in total. The highest BCUT2D eigenvalue weighted by atomic mass is 31.2. The minimum Gasteiger partial charge on any atom is -0.494 e. The Balaban J connectivity index is 2.14. The molecule has 11 heteroatoms. The van der Waals surface area contributed by atoms with E-state index in [0.717, 1.165) is 31.6 Å². The lowest BCUT2D eigenvalue weighted by molar-refractivity contribution is 0.000856. The van der Waals surface area contributed by atoms with E-state index in [4.69, 9.17) is 27.8 Å². The van der Waals surface area contributed by atoms with Crippen LogP contribution in [0.2, 0.25) is 0 Å². The zero-order chi connectivity index (χ0) is 29.0. The molecule has 0 saturated heterocycles. The molecule has 0 aliphatic heterocycles. The molecule has 0 aliphatic carbocycles. The van der Waals surface area contributed by atoms with Gasteiger partial charge in [0, 0.05) is 20.3 Å². The summed E-state index contributed by atoms with van der Waals surface area (Å²) in [6.07, 6.45) is 7.49. The fourth-order valence-electron chi connectivity index (χ4n) is 3.42. The Hall–Kier alpha value is -1.68. The highest BCUT2D eigenvalue weighted by molar-refractivity contribution is 7.48. The number of unbranched alkanes of at least 4 members (excludes halogenated alkanes) is 5. The van der Waals surface area contributed by atoms with Gasteiger partial charge in [0.15, 0.2) is 0 Å². The highest BCUT2D eigenvalue weighted by Gasteiger charge is 2.26. The van der Waals surface area contributed by atoms with Crippen LogP contribution in [0, 0.1) is 0 Å². The van der Waals surface area contributed by atoms with Gasteiger partial charge in [0.1, 0.15) is 17.5 Å². The molecule has 1 rings (SSSR count). The third-order valence-electron chi connectivity index (χ3n) is 5.42. The second-order valence-corrected chi connectivity index (χ2v) is 12.1. The predicted octanol–water partition coefficient (Wildman–Crippen LogP) is 6.05. The molecule has 0 fully saturated rings. The van der Waals surface area contributed by atoms with E-state index in [-0.39, 0.29) is 26.4 Å². The van der Waals surface area contributed by atoms with E-state index in [2.05, 4.69) is 24.4 Å². The van der Waals surface area contributed by atoms with E-state index in [9.17, 15) is 14.5 Å². The Morgan fingerprint density at radius 2 is 1.64 bits per heavy atom. The topological polar surface area (TPSA) is 122 Å². The van der Waals surface area contributed by atoms with Gasteiger partial charge in [0.05, 0.1) is 26.4 Å². The number of aryl methyl sites for hydroxylation is 1. The number of nitrogens with one attached hydrogen (secondary N) is 1. The number of carbonyl (C=O) groups excluding carboxylic acids is 1. The Morgan fingerprint density at radius 1 is 0.949 bits per heavy atom. The Labute approximate surface area is 234 Å². The molecule has 1 unspecified atom stereocenters. The molecule has 1 aromatic carbocycles. The van der Waals surface area contributed by atoms with Crippen molar-refractivity contribution in [3.8, 4) is 5.75 Å². The van der Waals surface area contributed by atoms with Crippen molar-refractivity contribution in [2.75, 3.05) is 46.7 Å². The van der Waals surface area contributed by atoms with Crippen LogP contribution in [-0.2, 0) is 34.0 Å². The number of rotatable bonds is 22. The van der Waals surface area contributed by atoms with E-state index in [1.807, 2.05) is 12.1 Å². The van der Waals surface area contributed by atoms with Crippen LogP contribution in [-0.4, -0.2) is 69.6 Å². The van der Waals surface area contributed by atoms with Crippen LogP contribution in [0.1, 0.15) is 78.2 Å². The average Bonchev–Trinajstić information content (AvgIpc) is 2.89. The standard InChI is InChI=1S/C28H50NO9P/c1-6-7-8-9-10-11-20-35-26-16-14-24(15-17-26)13-12-19-34-22-25(30)23-37-39(32,33-5)36-21-18-29-27(31)38-28(2,3)4/h14-17,25,30H,6-13,18-23H2,1-5H3,(H,29,31)/t25-,39?/m0/s1.